The normalized spacial score (nSPS) is 20.1. The number of halogens is 3. The molecule has 2 heterocycles. The van der Waals surface area contributed by atoms with Gasteiger partial charge in [-0.25, -0.2) is 0 Å². The molecular formula is C22H24F3N3O. The molecule has 2 aromatic carbocycles. The first-order chi connectivity index (χ1) is 13.8. The molecule has 4 rings (SSSR count). The van der Waals surface area contributed by atoms with Crippen LogP contribution in [0.25, 0.3) is 0 Å². The van der Waals surface area contributed by atoms with Gasteiger partial charge in [-0.1, -0.05) is 24.3 Å². The Hall–Kier alpha value is -2.54. The first-order valence-electron chi connectivity index (χ1n) is 9.87. The van der Waals surface area contributed by atoms with Crippen LogP contribution in [-0.4, -0.2) is 49.6 Å². The molecule has 0 spiro atoms. The smallest absolute Gasteiger partial charge is 0.369 e. The Labute approximate surface area is 168 Å². The molecule has 0 bridgehead atoms. The van der Waals surface area contributed by atoms with E-state index in [0.29, 0.717) is 38.4 Å². The van der Waals surface area contributed by atoms with Crippen LogP contribution in [0.2, 0.25) is 0 Å². The zero-order chi connectivity index (χ0) is 20.6. The van der Waals surface area contributed by atoms with Gasteiger partial charge in [-0.3, -0.25) is 9.69 Å². The lowest BCUT2D eigenvalue weighted by Crippen LogP contribution is -2.51. The van der Waals surface area contributed by atoms with Crippen molar-refractivity contribution in [3.63, 3.8) is 0 Å². The molecule has 29 heavy (non-hydrogen) atoms. The van der Waals surface area contributed by atoms with Crippen molar-refractivity contribution in [3.05, 3.63) is 59.7 Å². The monoisotopic (exact) mass is 403 g/mol. The highest BCUT2D eigenvalue weighted by atomic mass is 19.4. The highest BCUT2D eigenvalue weighted by Crippen LogP contribution is 2.33. The van der Waals surface area contributed by atoms with Gasteiger partial charge in [0, 0.05) is 43.6 Å². The Morgan fingerprint density at radius 1 is 1.03 bits per heavy atom. The van der Waals surface area contributed by atoms with Gasteiger partial charge in [0.1, 0.15) is 0 Å². The fraction of sp³-hybridized carbons (Fsp3) is 0.409. The molecule has 1 saturated heterocycles. The number of alkyl halides is 3. The van der Waals surface area contributed by atoms with E-state index in [4.69, 9.17) is 0 Å². The van der Waals surface area contributed by atoms with Gasteiger partial charge in [0.25, 0.3) is 0 Å². The standard InChI is InChI=1S/C22H24F3N3O/c1-16-13-17-5-2-3-8-20(17)28(16)21(29)15-26-9-11-27(12-10-26)19-7-4-6-18(14-19)22(23,24)25/h2-8,14,16H,9-13,15H2,1H3/t16-/m1/s1. The summed E-state index contributed by atoms with van der Waals surface area (Å²) in [4.78, 5) is 18.9. The third-order valence-electron chi connectivity index (χ3n) is 5.75. The molecule has 1 atom stereocenters. The number of hydrogen-bond donors (Lipinski definition) is 0. The average Bonchev–Trinajstić information content (AvgIpc) is 3.04. The minimum atomic E-state index is -4.34. The molecule has 1 amide bonds. The number of carbonyl (C=O) groups excluding carboxylic acids is 1. The van der Waals surface area contributed by atoms with Gasteiger partial charge in [0.2, 0.25) is 5.91 Å². The van der Waals surface area contributed by atoms with Gasteiger partial charge in [-0.2, -0.15) is 13.2 Å². The van der Waals surface area contributed by atoms with Crippen LogP contribution in [0.15, 0.2) is 48.5 Å². The summed E-state index contributed by atoms with van der Waals surface area (Å²) < 4.78 is 38.9. The molecule has 1 fully saturated rings. The second-order valence-corrected chi connectivity index (χ2v) is 7.76. The SMILES string of the molecule is C[C@@H]1Cc2ccccc2N1C(=O)CN1CCN(c2cccc(C(F)(F)F)c2)CC1. The number of rotatable bonds is 3. The number of benzene rings is 2. The third kappa shape index (κ3) is 4.10. The van der Waals surface area contributed by atoms with Gasteiger partial charge in [-0.15, -0.1) is 0 Å². The van der Waals surface area contributed by atoms with E-state index in [1.807, 2.05) is 28.0 Å². The van der Waals surface area contributed by atoms with Crippen LogP contribution in [0.4, 0.5) is 24.5 Å². The van der Waals surface area contributed by atoms with E-state index in [9.17, 15) is 18.0 Å². The lowest BCUT2D eigenvalue weighted by atomic mass is 10.1. The van der Waals surface area contributed by atoms with Crippen LogP contribution >= 0.6 is 0 Å². The van der Waals surface area contributed by atoms with Crippen molar-refractivity contribution in [2.45, 2.75) is 25.6 Å². The maximum absolute atomic E-state index is 13.0. The molecule has 2 aliphatic rings. The number of para-hydroxylation sites is 1. The van der Waals surface area contributed by atoms with E-state index in [-0.39, 0.29) is 11.9 Å². The Bertz CT molecular complexity index is 891. The van der Waals surface area contributed by atoms with Crippen molar-refractivity contribution >= 4 is 17.3 Å². The summed E-state index contributed by atoms with van der Waals surface area (Å²) in [6.45, 7) is 4.87. The van der Waals surface area contributed by atoms with Crippen molar-refractivity contribution < 1.29 is 18.0 Å². The molecular weight excluding hydrogens is 379 g/mol. The zero-order valence-electron chi connectivity index (χ0n) is 16.3. The Morgan fingerprint density at radius 3 is 2.48 bits per heavy atom. The number of carbonyl (C=O) groups is 1. The molecule has 154 valence electrons. The molecule has 0 saturated carbocycles. The molecule has 0 aromatic heterocycles. The van der Waals surface area contributed by atoms with E-state index < -0.39 is 11.7 Å². The predicted octanol–water partition coefficient (Wildman–Crippen LogP) is 3.81. The number of hydrogen-bond acceptors (Lipinski definition) is 3. The topological polar surface area (TPSA) is 26.8 Å². The van der Waals surface area contributed by atoms with Crippen molar-refractivity contribution in [2.24, 2.45) is 0 Å². The number of fused-ring (bicyclic) bond motifs is 1. The van der Waals surface area contributed by atoms with Gasteiger partial charge in [0.05, 0.1) is 12.1 Å². The second-order valence-electron chi connectivity index (χ2n) is 7.76. The zero-order valence-corrected chi connectivity index (χ0v) is 16.3. The molecule has 4 nitrogen and oxygen atoms in total. The minimum Gasteiger partial charge on any atom is -0.369 e. The fourth-order valence-electron chi connectivity index (χ4n) is 4.26. The van der Waals surface area contributed by atoms with Gasteiger partial charge in [-0.05, 0) is 43.2 Å². The van der Waals surface area contributed by atoms with Crippen LogP contribution in [-0.2, 0) is 17.4 Å². The van der Waals surface area contributed by atoms with E-state index in [0.717, 1.165) is 18.2 Å². The first-order valence-corrected chi connectivity index (χ1v) is 9.87. The maximum atomic E-state index is 13.0. The predicted molar refractivity (Wildman–Crippen MR) is 107 cm³/mol. The quantitative estimate of drug-likeness (QED) is 0.780. The molecule has 0 unspecified atom stereocenters. The Morgan fingerprint density at radius 2 is 1.76 bits per heavy atom. The average molecular weight is 403 g/mol. The molecule has 2 aliphatic heterocycles. The minimum absolute atomic E-state index is 0.0787. The van der Waals surface area contributed by atoms with Crippen molar-refractivity contribution in [2.75, 3.05) is 42.5 Å². The van der Waals surface area contributed by atoms with Crippen molar-refractivity contribution in [1.82, 2.24) is 4.90 Å². The van der Waals surface area contributed by atoms with E-state index >= 15 is 0 Å². The summed E-state index contributed by atoms with van der Waals surface area (Å²) in [6.07, 6.45) is -3.47. The number of anilines is 2. The van der Waals surface area contributed by atoms with E-state index in [1.165, 1.54) is 17.7 Å². The molecule has 7 heteroatoms. The number of amides is 1. The largest absolute Gasteiger partial charge is 0.416 e. The van der Waals surface area contributed by atoms with Gasteiger partial charge >= 0.3 is 6.18 Å². The lowest BCUT2D eigenvalue weighted by molar-refractivity contribution is -0.137. The fourth-order valence-corrected chi connectivity index (χ4v) is 4.26. The maximum Gasteiger partial charge on any atom is 0.416 e. The molecule has 0 aliphatic carbocycles. The first kappa shape index (κ1) is 19.8. The van der Waals surface area contributed by atoms with Crippen LogP contribution < -0.4 is 9.80 Å². The highest BCUT2D eigenvalue weighted by Gasteiger charge is 2.33. The summed E-state index contributed by atoms with van der Waals surface area (Å²) in [5.41, 5.74) is 2.14. The second kappa shape index (κ2) is 7.71. The van der Waals surface area contributed by atoms with Crippen molar-refractivity contribution in [3.8, 4) is 0 Å². The van der Waals surface area contributed by atoms with Gasteiger partial charge in [0.15, 0.2) is 0 Å². The third-order valence-corrected chi connectivity index (χ3v) is 5.75. The van der Waals surface area contributed by atoms with Crippen LogP contribution in [0, 0.1) is 0 Å². The van der Waals surface area contributed by atoms with E-state index in [1.54, 1.807) is 6.07 Å². The summed E-state index contributed by atoms with van der Waals surface area (Å²) in [6, 6.07) is 13.6. The molecule has 0 radical (unpaired) electrons. The van der Waals surface area contributed by atoms with Crippen LogP contribution in [0.1, 0.15) is 18.1 Å². The van der Waals surface area contributed by atoms with Crippen LogP contribution in [0.5, 0.6) is 0 Å². The summed E-state index contributed by atoms with van der Waals surface area (Å²) in [7, 11) is 0. The highest BCUT2D eigenvalue weighted by molar-refractivity contribution is 5.97. The van der Waals surface area contributed by atoms with E-state index in [2.05, 4.69) is 17.9 Å². The number of piperazine rings is 1. The lowest BCUT2D eigenvalue weighted by Gasteiger charge is -2.37. The summed E-state index contributed by atoms with van der Waals surface area (Å²) in [5.74, 6) is 0.0787. The summed E-state index contributed by atoms with van der Waals surface area (Å²) in [5, 5.41) is 0. The molecule has 0 N–H and O–H groups in total. The van der Waals surface area contributed by atoms with Crippen LogP contribution in [0.3, 0.4) is 0 Å². The molecule has 2 aromatic rings. The van der Waals surface area contributed by atoms with Crippen molar-refractivity contribution in [1.29, 1.82) is 0 Å². The Kier molecular flexibility index (Phi) is 5.25. The van der Waals surface area contributed by atoms with Gasteiger partial charge < -0.3 is 9.80 Å². The summed E-state index contributed by atoms with van der Waals surface area (Å²) >= 11 is 0. The number of nitrogens with zero attached hydrogens (tertiary/aromatic N) is 3. The Balaban J connectivity index is 1.37.